The molecule has 24 heavy (non-hydrogen) atoms. The van der Waals surface area contributed by atoms with Gasteiger partial charge in [-0.1, -0.05) is 23.7 Å². The molecule has 1 amide bonds. The standard InChI is InChI=1S/C20H23ClN2O/c1-22(15-16-5-9-18(21)10-6-16)20(24)17-7-11-19(12-8-17)23-13-3-2-4-14-23/h5-12H,2-4,13-15H2,1H3. The van der Waals surface area contributed by atoms with Crippen molar-refractivity contribution >= 4 is 23.2 Å². The Morgan fingerprint density at radius 1 is 1.00 bits per heavy atom. The van der Waals surface area contributed by atoms with Crippen LogP contribution in [0.25, 0.3) is 0 Å². The van der Waals surface area contributed by atoms with Crippen molar-refractivity contribution in [2.45, 2.75) is 25.8 Å². The molecule has 0 N–H and O–H groups in total. The zero-order valence-corrected chi connectivity index (χ0v) is 14.8. The van der Waals surface area contributed by atoms with Crippen LogP contribution >= 0.6 is 11.6 Å². The Morgan fingerprint density at radius 2 is 1.62 bits per heavy atom. The highest BCUT2D eigenvalue weighted by molar-refractivity contribution is 6.30. The Labute approximate surface area is 148 Å². The molecule has 0 atom stereocenters. The molecule has 126 valence electrons. The molecule has 1 heterocycles. The van der Waals surface area contributed by atoms with Crippen LogP contribution in [0.15, 0.2) is 48.5 Å². The lowest BCUT2D eigenvalue weighted by Crippen LogP contribution is -2.29. The van der Waals surface area contributed by atoms with Crippen LogP contribution in [-0.4, -0.2) is 30.9 Å². The number of carbonyl (C=O) groups excluding carboxylic acids is 1. The minimum Gasteiger partial charge on any atom is -0.372 e. The van der Waals surface area contributed by atoms with Gasteiger partial charge in [0.15, 0.2) is 0 Å². The number of halogens is 1. The summed E-state index contributed by atoms with van der Waals surface area (Å²) in [6, 6.07) is 15.6. The molecule has 1 aliphatic rings. The van der Waals surface area contributed by atoms with Crippen molar-refractivity contribution in [1.29, 1.82) is 0 Å². The smallest absolute Gasteiger partial charge is 0.253 e. The van der Waals surface area contributed by atoms with Gasteiger partial charge in [-0.25, -0.2) is 0 Å². The summed E-state index contributed by atoms with van der Waals surface area (Å²) in [5, 5.41) is 0.709. The van der Waals surface area contributed by atoms with Crippen molar-refractivity contribution in [2.75, 3.05) is 25.0 Å². The summed E-state index contributed by atoms with van der Waals surface area (Å²) in [5.74, 6) is 0.0372. The normalized spacial score (nSPS) is 14.5. The molecule has 0 radical (unpaired) electrons. The van der Waals surface area contributed by atoms with Crippen LogP contribution in [0.4, 0.5) is 5.69 Å². The van der Waals surface area contributed by atoms with E-state index in [1.807, 2.05) is 43.4 Å². The van der Waals surface area contributed by atoms with Gasteiger partial charge in [0.05, 0.1) is 0 Å². The molecule has 0 aromatic heterocycles. The Balaban J connectivity index is 1.64. The van der Waals surface area contributed by atoms with Crippen molar-refractivity contribution in [2.24, 2.45) is 0 Å². The average Bonchev–Trinajstić information content (AvgIpc) is 2.64. The number of nitrogens with zero attached hydrogens (tertiary/aromatic N) is 2. The highest BCUT2D eigenvalue weighted by atomic mass is 35.5. The fraction of sp³-hybridized carbons (Fsp3) is 0.350. The quantitative estimate of drug-likeness (QED) is 0.810. The maximum absolute atomic E-state index is 12.6. The van der Waals surface area contributed by atoms with Gasteiger partial charge in [-0.2, -0.15) is 0 Å². The number of hydrogen-bond acceptors (Lipinski definition) is 2. The van der Waals surface area contributed by atoms with Gasteiger partial charge in [0.2, 0.25) is 0 Å². The van der Waals surface area contributed by atoms with Crippen LogP contribution in [0.1, 0.15) is 35.2 Å². The van der Waals surface area contributed by atoms with E-state index >= 15 is 0 Å². The summed E-state index contributed by atoms with van der Waals surface area (Å²) in [6.07, 6.45) is 3.83. The summed E-state index contributed by atoms with van der Waals surface area (Å²) < 4.78 is 0. The first-order chi connectivity index (χ1) is 11.6. The molecular weight excluding hydrogens is 320 g/mol. The summed E-state index contributed by atoms with van der Waals surface area (Å²) in [5.41, 5.74) is 3.01. The maximum atomic E-state index is 12.6. The number of carbonyl (C=O) groups is 1. The average molecular weight is 343 g/mol. The van der Waals surface area contributed by atoms with E-state index in [1.54, 1.807) is 4.90 Å². The highest BCUT2D eigenvalue weighted by Gasteiger charge is 2.14. The zero-order chi connectivity index (χ0) is 16.9. The van der Waals surface area contributed by atoms with Crippen LogP contribution in [0.3, 0.4) is 0 Å². The number of hydrogen-bond donors (Lipinski definition) is 0. The molecule has 0 spiro atoms. The van der Waals surface area contributed by atoms with Crippen LogP contribution in [0.2, 0.25) is 5.02 Å². The van der Waals surface area contributed by atoms with Gasteiger partial charge in [-0.15, -0.1) is 0 Å². The summed E-state index contributed by atoms with van der Waals surface area (Å²) in [6.45, 7) is 2.80. The molecule has 2 aromatic carbocycles. The summed E-state index contributed by atoms with van der Waals surface area (Å²) in [7, 11) is 1.83. The van der Waals surface area contributed by atoms with Gasteiger partial charge < -0.3 is 9.80 Å². The highest BCUT2D eigenvalue weighted by Crippen LogP contribution is 2.21. The van der Waals surface area contributed by atoms with Gasteiger partial charge in [-0.05, 0) is 61.2 Å². The Bertz CT molecular complexity index is 676. The van der Waals surface area contributed by atoms with Gasteiger partial charge in [0.25, 0.3) is 5.91 Å². The predicted molar refractivity (Wildman–Crippen MR) is 99.8 cm³/mol. The van der Waals surface area contributed by atoms with E-state index in [1.165, 1.54) is 24.9 Å². The van der Waals surface area contributed by atoms with E-state index in [4.69, 9.17) is 11.6 Å². The number of anilines is 1. The molecular formula is C20H23ClN2O. The van der Waals surface area contributed by atoms with Gasteiger partial charge in [0.1, 0.15) is 0 Å². The minimum atomic E-state index is 0.0372. The first kappa shape index (κ1) is 16.8. The zero-order valence-electron chi connectivity index (χ0n) is 14.0. The Hall–Kier alpha value is -2.00. The van der Waals surface area contributed by atoms with Crippen LogP contribution in [-0.2, 0) is 6.54 Å². The van der Waals surface area contributed by atoms with E-state index < -0.39 is 0 Å². The predicted octanol–water partition coefficient (Wildman–Crippen LogP) is 4.60. The van der Waals surface area contributed by atoms with E-state index in [0.29, 0.717) is 11.6 Å². The molecule has 3 rings (SSSR count). The minimum absolute atomic E-state index is 0.0372. The molecule has 0 aliphatic carbocycles. The molecule has 4 heteroatoms. The summed E-state index contributed by atoms with van der Waals surface area (Å²) in [4.78, 5) is 16.7. The second kappa shape index (κ2) is 7.71. The number of benzene rings is 2. The number of rotatable bonds is 4. The van der Waals surface area contributed by atoms with Gasteiger partial charge >= 0.3 is 0 Å². The second-order valence-corrected chi connectivity index (χ2v) is 6.82. The third-order valence-electron chi connectivity index (χ3n) is 4.52. The Kier molecular flexibility index (Phi) is 5.41. The largest absolute Gasteiger partial charge is 0.372 e. The Morgan fingerprint density at radius 3 is 2.25 bits per heavy atom. The van der Waals surface area contributed by atoms with Gasteiger partial charge in [-0.3, -0.25) is 4.79 Å². The van der Waals surface area contributed by atoms with Crippen molar-refractivity contribution in [1.82, 2.24) is 4.90 Å². The van der Waals surface area contributed by atoms with E-state index in [-0.39, 0.29) is 5.91 Å². The molecule has 1 saturated heterocycles. The van der Waals surface area contributed by atoms with Crippen molar-refractivity contribution in [3.05, 3.63) is 64.7 Å². The molecule has 0 saturated carbocycles. The van der Waals surface area contributed by atoms with E-state index in [2.05, 4.69) is 17.0 Å². The second-order valence-electron chi connectivity index (χ2n) is 6.38. The van der Waals surface area contributed by atoms with E-state index in [9.17, 15) is 4.79 Å². The third kappa shape index (κ3) is 4.09. The van der Waals surface area contributed by atoms with Crippen molar-refractivity contribution in [3.63, 3.8) is 0 Å². The molecule has 1 fully saturated rings. The van der Waals surface area contributed by atoms with Crippen LogP contribution in [0.5, 0.6) is 0 Å². The number of amides is 1. The fourth-order valence-electron chi connectivity index (χ4n) is 3.12. The first-order valence-electron chi connectivity index (χ1n) is 8.48. The molecule has 3 nitrogen and oxygen atoms in total. The van der Waals surface area contributed by atoms with Crippen molar-refractivity contribution < 1.29 is 4.79 Å². The number of piperidine rings is 1. The molecule has 1 aliphatic heterocycles. The molecule has 0 bridgehead atoms. The van der Waals surface area contributed by atoms with Crippen LogP contribution in [0, 0.1) is 0 Å². The first-order valence-corrected chi connectivity index (χ1v) is 8.86. The third-order valence-corrected chi connectivity index (χ3v) is 4.77. The molecule has 0 unspecified atom stereocenters. The lowest BCUT2D eigenvalue weighted by molar-refractivity contribution is 0.0785. The maximum Gasteiger partial charge on any atom is 0.253 e. The fourth-order valence-corrected chi connectivity index (χ4v) is 3.25. The van der Waals surface area contributed by atoms with Crippen molar-refractivity contribution in [3.8, 4) is 0 Å². The van der Waals surface area contributed by atoms with Gasteiger partial charge in [0, 0.05) is 43.0 Å². The van der Waals surface area contributed by atoms with E-state index in [0.717, 1.165) is 24.2 Å². The molecule has 2 aromatic rings. The topological polar surface area (TPSA) is 23.6 Å². The monoisotopic (exact) mass is 342 g/mol. The van der Waals surface area contributed by atoms with Crippen LogP contribution < -0.4 is 4.90 Å². The summed E-state index contributed by atoms with van der Waals surface area (Å²) >= 11 is 5.90. The SMILES string of the molecule is CN(Cc1ccc(Cl)cc1)C(=O)c1ccc(N2CCCCC2)cc1. The lowest BCUT2D eigenvalue weighted by Gasteiger charge is -2.29. The lowest BCUT2D eigenvalue weighted by atomic mass is 10.1.